The Hall–Kier alpha value is -2.96. The predicted octanol–water partition coefficient (Wildman–Crippen LogP) is 4.98. The minimum Gasteiger partial charge on any atom is -0.436 e. The Morgan fingerprint density at radius 3 is 2.80 bits per heavy atom. The summed E-state index contributed by atoms with van der Waals surface area (Å²) in [7, 11) is 0. The molecule has 2 aromatic heterocycles. The summed E-state index contributed by atoms with van der Waals surface area (Å²) in [6.07, 6.45) is 5.14. The largest absolute Gasteiger partial charge is 0.436 e. The minimum atomic E-state index is -4.42. The molecule has 1 aliphatic rings. The van der Waals surface area contributed by atoms with Gasteiger partial charge in [0.05, 0.1) is 5.56 Å². The molecule has 0 saturated carbocycles. The van der Waals surface area contributed by atoms with Crippen molar-refractivity contribution in [3.63, 3.8) is 0 Å². The molecule has 1 atom stereocenters. The van der Waals surface area contributed by atoms with Crippen LogP contribution in [0.3, 0.4) is 0 Å². The maximum absolute atomic E-state index is 12.9. The molecule has 126 valence electrons. The summed E-state index contributed by atoms with van der Waals surface area (Å²) in [6, 6.07) is 5.02. The molecule has 0 amide bonds. The number of benzene rings is 1. The molecule has 1 aliphatic heterocycles. The van der Waals surface area contributed by atoms with Gasteiger partial charge < -0.3 is 4.42 Å². The number of hydrogen-bond acceptors (Lipinski definition) is 4. The number of oxazole rings is 1. The molecule has 3 aromatic rings. The third-order valence-corrected chi connectivity index (χ3v) is 4.04. The van der Waals surface area contributed by atoms with Crippen molar-refractivity contribution < 1.29 is 17.6 Å². The van der Waals surface area contributed by atoms with Crippen molar-refractivity contribution in [2.45, 2.75) is 18.5 Å². The molecule has 7 heteroatoms. The quantitative estimate of drug-likeness (QED) is 0.659. The lowest BCUT2D eigenvalue weighted by molar-refractivity contribution is -0.137. The van der Waals surface area contributed by atoms with Crippen molar-refractivity contribution >= 4 is 17.3 Å². The Morgan fingerprint density at radius 1 is 1.16 bits per heavy atom. The Labute approximate surface area is 140 Å². The maximum atomic E-state index is 12.9. The molecule has 0 N–H and O–H groups in total. The standard InChI is InChI=1S/C18H12F3N3O/c19-18(20,21)12-3-4-16-15(8-12)24-17(25-16)13-5-7-23-10-14(13)11-2-1-6-22-9-11/h1,3-11H,2H2. The number of rotatable bonds is 2. The van der Waals surface area contributed by atoms with E-state index in [0.29, 0.717) is 11.1 Å². The normalized spacial score (nSPS) is 17.3. The Kier molecular flexibility index (Phi) is 3.63. The van der Waals surface area contributed by atoms with E-state index in [9.17, 15) is 13.2 Å². The second-order valence-electron chi connectivity index (χ2n) is 5.69. The second-order valence-corrected chi connectivity index (χ2v) is 5.69. The van der Waals surface area contributed by atoms with Crippen LogP contribution in [0.4, 0.5) is 13.2 Å². The molecule has 0 spiro atoms. The molecule has 25 heavy (non-hydrogen) atoms. The molecule has 4 nitrogen and oxygen atoms in total. The number of aliphatic imine (C=N–C) groups is 1. The maximum Gasteiger partial charge on any atom is 0.416 e. The van der Waals surface area contributed by atoms with Gasteiger partial charge in [-0.2, -0.15) is 13.2 Å². The topological polar surface area (TPSA) is 51.3 Å². The molecule has 4 rings (SSSR count). The zero-order valence-corrected chi connectivity index (χ0v) is 12.9. The summed E-state index contributed by atoms with van der Waals surface area (Å²) in [5.41, 5.74) is 1.30. The predicted molar refractivity (Wildman–Crippen MR) is 87.2 cm³/mol. The van der Waals surface area contributed by atoms with Crippen LogP contribution in [0.15, 0.2) is 58.3 Å². The van der Waals surface area contributed by atoms with Gasteiger partial charge in [-0.15, -0.1) is 0 Å². The van der Waals surface area contributed by atoms with Crippen molar-refractivity contribution in [2.24, 2.45) is 4.99 Å². The summed E-state index contributed by atoms with van der Waals surface area (Å²) in [5, 5.41) is 0. The number of pyridine rings is 1. The first-order valence-electron chi connectivity index (χ1n) is 7.63. The van der Waals surface area contributed by atoms with E-state index in [1.807, 2.05) is 12.3 Å². The first kappa shape index (κ1) is 15.6. The number of allylic oxidation sites excluding steroid dienone is 1. The summed E-state index contributed by atoms with van der Waals surface area (Å²) in [6.45, 7) is 0. The first-order valence-corrected chi connectivity index (χ1v) is 7.63. The summed E-state index contributed by atoms with van der Waals surface area (Å²) < 4.78 is 44.3. The zero-order valence-electron chi connectivity index (χ0n) is 12.9. The van der Waals surface area contributed by atoms with Gasteiger partial charge in [-0.05, 0) is 36.2 Å². The first-order chi connectivity index (χ1) is 12.0. The highest BCUT2D eigenvalue weighted by atomic mass is 19.4. The lowest BCUT2D eigenvalue weighted by Gasteiger charge is -2.14. The SMILES string of the molecule is FC(F)(F)c1ccc2oc(-c3ccncc3C3C=NC=CC3)nc2c1. The van der Waals surface area contributed by atoms with Gasteiger partial charge in [-0.1, -0.05) is 6.08 Å². The molecule has 0 aliphatic carbocycles. The summed E-state index contributed by atoms with van der Waals surface area (Å²) in [5.74, 6) is 0.295. The van der Waals surface area contributed by atoms with Crippen LogP contribution < -0.4 is 0 Å². The summed E-state index contributed by atoms with van der Waals surface area (Å²) >= 11 is 0. The Balaban J connectivity index is 1.80. The molecule has 0 saturated heterocycles. The fourth-order valence-electron chi connectivity index (χ4n) is 2.81. The zero-order chi connectivity index (χ0) is 17.4. The van der Waals surface area contributed by atoms with Gasteiger partial charge in [-0.3, -0.25) is 9.98 Å². The molecule has 1 aromatic carbocycles. The van der Waals surface area contributed by atoms with Gasteiger partial charge in [0.15, 0.2) is 5.58 Å². The van der Waals surface area contributed by atoms with E-state index in [2.05, 4.69) is 15.0 Å². The van der Waals surface area contributed by atoms with Crippen LogP contribution in [0.5, 0.6) is 0 Å². The molecule has 1 unspecified atom stereocenters. The van der Waals surface area contributed by atoms with Gasteiger partial charge in [0, 0.05) is 36.3 Å². The van der Waals surface area contributed by atoms with Crippen LogP contribution in [-0.4, -0.2) is 16.2 Å². The van der Waals surface area contributed by atoms with Gasteiger partial charge >= 0.3 is 6.18 Å². The van der Waals surface area contributed by atoms with Crippen LogP contribution in [0.1, 0.15) is 23.5 Å². The molecule has 0 radical (unpaired) electrons. The van der Waals surface area contributed by atoms with Crippen LogP contribution in [0.25, 0.3) is 22.6 Å². The highest BCUT2D eigenvalue weighted by Gasteiger charge is 2.31. The van der Waals surface area contributed by atoms with Gasteiger partial charge in [0.2, 0.25) is 5.89 Å². The monoisotopic (exact) mass is 343 g/mol. The van der Waals surface area contributed by atoms with Crippen molar-refractivity contribution in [3.05, 3.63) is 60.1 Å². The number of fused-ring (bicyclic) bond motifs is 1. The average Bonchev–Trinajstić information content (AvgIpc) is 3.05. The van der Waals surface area contributed by atoms with E-state index < -0.39 is 11.7 Å². The van der Waals surface area contributed by atoms with E-state index >= 15 is 0 Å². The summed E-state index contributed by atoms with van der Waals surface area (Å²) in [4.78, 5) is 12.5. The molecule has 0 fully saturated rings. The number of nitrogens with zero attached hydrogens (tertiary/aromatic N) is 3. The molecular weight excluding hydrogens is 331 g/mol. The van der Waals surface area contributed by atoms with E-state index in [1.54, 1.807) is 24.7 Å². The van der Waals surface area contributed by atoms with E-state index in [0.717, 1.165) is 24.1 Å². The lowest BCUT2D eigenvalue weighted by atomic mass is 9.93. The van der Waals surface area contributed by atoms with E-state index in [4.69, 9.17) is 4.42 Å². The number of alkyl halides is 3. The molecule has 0 bridgehead atoms. The van der Waals surface area contributed by atoms with E-state index in [-0.39, 0.29) is 17.3 Å². The van der Waals surface area contributed by atoms with E-state index in [1.165, 1.54) is 6.07 Å². The van der Waals surface area contributed by atoms with Crippen molar-refractivity contribution in [1.29, 1.82) is 0 Å². The van der Waals surface area contributed by atoms with Crippen molar-refractivity contribution in [3.8, 4) is 11.5 Å². The number of halogens is 3. The van der Waals surface area contributed by atoms with Gasteiger partial charge in [0.25, 0.3) is 0 Å². The Bertz CT molecular complexity index is 989. The van der Waals surface area contributed by atoms with Gasteiger partial charge in [0.1, 0.15) is 5.52 Å². The van der Waals surface area contributed by atoms with Crippen LogP contribution >= 0.6 is 0 Å². The van der Waals surface area contributed by atoms with Crippen LogP contribution in [0.2, 0.25) is 0 Å². The number of hydrogen-bond donors (Lipinski definition) is 0. The average molecular weight is 343 g/mol. The smallest absolute Gasteiger partial charge is 0.416 e. The Morgan fingerprint density at radius 2 is 2.04 bits per heavy atom. The second kappa shape index (κ2) is 5.84. The minimum absolute atomic E-state index is 0.0226. The fourth-order valence-corrected chi connectivity index (χ4v) is 2.81. The highest BCUT2D eigenvalue weighted by molar-refractivity contribution is 5.80. The molecular formula is C18H12F3N3O. The van der Waals surface area contributed by atoms with Crippen LogP contribution in [-0.2, 0) is 6.18 Å². The number of aromatic nitrogens is 2. The third-order valence-electron chi connectivity index (χ3n) is 4.04. The highest BCUT2D eigenvalue weighted by Crippen LogP contribution is 2.35. The molecule has 3 heterocycles. The van der Waals surface area contributed by atoms with Crippen molar-refractivity contribution in [2.75, 3.05) is 0 Å². The van der Waals surface area contributed by atoms with Crippen LogP contribution in [0, 0.1) is 0 Å². The lowest BCUT2D eigenvalue weighted by Crippen LogP contribution is -2.04. The fraction of sp³-hybridized carbons (Fsp3) is 0.167. The van der Waals surface area contributed by atoms with Gasteiger partial charge in [-0.25, -0.2) is 4.98 Å². The van der Waals surface area contributed by atoms with Crippen molar-refractivity contribution in [1.82, 2.24) is 9.97 Å². The third kappa shape index (κ3) is 2.93.